The number of hydrogen-bond donors (Lipinski definition) is 3. The maximum absolute atomic E-state index is 11.5. The Morgan fingerprint density at radius 2 is 2.39 bits per heavy atom. The molecular formula is C13H19N3O2. The van der Waals surface area contributed by atoms with Crippen LogP contribution in [-0.4, -0.2) is 32.2 Å². The maximum atomic E-state index is 11.5. The molecule has 0 aromatic heterocycles. The molecule has 0 aliphatic carbocycles. The number of nitrogens with two attached hydrogens (primary N) is 1. The highest BCUT2D eigenvalue weighted by atomic mass is 16.5. The monoisotopic (exact) mass is 249 g/mol. The van der Waals surface area contributed by atoms with Gasteiger partial charge < -0.3 is 21.1 Å². The summed E-state index contributed by atoms with van der Waals surface area (Å²) in [5, 5.41) is 5.84. The van der Waals surface area contributed by atoms with Crippen molar-refractivity contribution < 1.29 is 9.53 Å². The highest BCUT2D eigenvalue weighted by molar-refractivity contribution is 5.96. The first-order valence-corrected chi connectivity index (χ1v) is 6.18. The molecule has 5 nitrogen and oxygen atoms in total. The fourth-order valence-electron chi connectivity index (χ4n) is 2.02. The molecule has 1 aromatic rings. The molecule has 1 saturated heterocycles. The second-order valence-corrected chi connectivity index (χ2v) is 4.40. The summed E-state index contributed by atoms with van der Waals surface area (Å²) in [6.45, 7) is 1.56. The van der Waals surface area contributed by atoms with Gasteiger partial charge in [0.1, 0.15) is 0 Å². The Kier molecular flexibility index (Phi) is 4.04. The molecule has 5 heteroatoms. The first-order chi connectivity index (χ1) is 8.70. The van der Waals surface area contributed by atoms with Gasteiger partial charge in [-0.2, -0.15) is 0 Å². The number of nitrogens with one attached hydrogen (secondary N) is 2. The third-order valence-electron chi connectivity index (χ3n) is 3.09. The number of carbonyl (C=O) groups is 1. The Labute approximate surface area is 107 Å². The van der Waals surface area contributed by atoms with Crippen LogP contribution in [0.4, 0.5) is 11.4 Å². The lowest BCUT2D eigenvalue weighted by Gasteiger charge is -2.14. The van der Waals surface area contributed by atoms with Gasteiger partial charge in [0.05, 0.1) is 17.5 Å². The van der Waals surface area contributed by atoms with Gasteiger partial charge in [-0.3, -0.25) is 4.79 Å². The molecule has 1 aliphatic heterocycles. The molecule has 0 spiro atoms. The summed E-state index contributed by atoms with van der Waals surface area (Å²) >= 11 is 0. The van der Waals surface area contributed by atoms with E-state index in [2.05, 4.69) is 10.6 Å². The normalized spacial score (nSPS) is 18.6. The van der Waals surface area contributed by atoms with E-state index in [0.717, 1.165) is 31.7 Å². The second-order valence-electron chi connectivity index (χ2n) is 4.40. The second kappa shape index (κ2) is 5.73. The van der Waals surface area contributed by atoms with Crippen molar-refractivity contribution in [3.05, 3.63) is 23.8 Å². The summed E-state index contributed by atoms with van der Waals surface area (Å²) in [6.07, 6.45) is 2.43. The van der Waals surface area contributed by atoms with Gasteiger partial charge in [-0.05, 0) is 31.0 Å². The van der Waals surface area contributed by atoms with Crippen molar-refractivity contribution in [3.63, 3.8) is 0 Å². The predicted octanol–water partition coefficient (Wildman–Crippen LogP) is 1.22. The minimum Gasteiger partial charge on any atom is -0.397 e. The lowest BCUT2D eigenvalue weighted by Crippen LogP contribution is -2.20. The van der Waals surface area contributed by atoms with Gasteiger partial charge in [0.2, 0.25) is 0 Å². The molecule has 0 saturated carbocycles. The average Bonchev–Trinajstić information content (AvgIpc) is 2.90. The summed E-state index contributed by atoms with van der Waals surface area (Å²) in [5.41, 5.74) is 7.90. The highest BCUT2D eigenvalue weighted by Gasteiger charge is 2.15. The van der Waals surface area contributed by atoms with Crippen LogP contribution in [0.1, 0.15) is 23.2 Å². The molecule has 1 unspecified atom stereocenters. The Balaban J connectivity index is 2.03. The molecule has 0 radical (unpaired) electrons. The van der Waals surface area contributed by atoms with Crippen molar-refractivity contribution in [1.29, 1.82) is 0 Å². The van der Waals surface area contributed by atoms with Crippen LogP contribution in [-0.2, 0) is 4.74 Å². The summed E-state index contributed by atoms with van der Waals surface area (Å²) in [6, 6.07) is 5.22. The van der Waals surface area contributed by atoms with Gasteiger partial charge in [0.15, 0.2) is 0 Å². The molecule has 98 valence electrons. The quantitative estimate of drug-likeness (QED) is 0.701. The van der Waals surface area contributed by atoms with Gasteiger partial charge in [-0.1, -0.05) is 0 Å². The van der Waals surface area contributed by atoms with Crippen LogP contribution in [0.25, 0.3) is 0 Å². The molecule has 0 bridgehead atoms. The Morgan fingerprint density at radius 3 is 3.06 bits per heavy atom. The zero-order valence-electron chi connectivity index (χ0n) is 10.5. The fraction of sp³-hybridized carbons (Fsp3) is 0.462. The number of amides is 1. The van der Waals surface area contributed by atoms with Crippen molar-refractivity contribution in [1.82, 2.24) is 5.32 Å². The molecule has 1 aliphatic rings. The van der Waals surface area contributed by atoms with Crippen LogP contribution in [0.3, 0.4) is 0 Å². The summed E-state index contributed by atoms with van der Waals surface area (Å²) in [5.74, 6) is -0.116. The number of ether oxygens (including phenoxy) is 1. The van der Waals surface area contributed by atoms with Crippen LogP contribution in [0.5, 0.6) is 0 Å². The maximum Gasteiger partial charge on any atom is 0.251 e. The molecule has 2 rings (SSSR count). The molecule has 18 heavy (non-hydrogen) atoms. The topological polar surface area (TPSA) is 76.4 Å². The van der Waals surface area contributed by atoms with E-state index in [9.17, 15) is 4.79 Å². The number of rotatable bonds is 4. The molecule has 1 atom stereocenters. The van der Waals surface area contributed by atoms with Gasteiger partial charge in [-0.25, -0.2) is 0 Å². The van der Waals surface area contributed by atoms with E-state index in [-0.39, 0.29) is 12.0 Å². The van der Waals surface area contributed by atoms with Crippen LogP contribution in [0.15, 0.2) is 18.2 Å². The first kappa shape index (κ1) is 12.7. The smallest absolute Gasteiger partial charge is 0.251 e. The van der Waals surface area contributed by atoms with Crippen molar-refractivity contribution >= 4 is 17.3 Å². The van der Waals surface area contributed by atoms with Crippen molar-refractivity contribution in [3.8, 4) is 0 Å². The highest BCUT2D eigenvalue weighted by Crippen LogP contribution is 2.21. The van der Waals surface area contributed by atoms with E-state index >= 15 is 0 Å². The number of hydrogen-bond acceptors (Lipinski definition) is 4. The number of benzene rings is 1. The van der Waals surface area contributed by atoms with E-state index in [0.29, 0.717) is 11.3 Å². The molecule has 1 heterocycles. The van der Waals surface area contributed by atoms with E-state index in [1.54, 1.807) is 25.2 Å². The fourth-order valence-corrected chi connectivity index (χ4v) is 2.02. The molecule has 1 amide bonds. The van der Waals surface area contributed by atoms with Crippen LogP contribution in [0, 0.1) is 0 Å². The lowest BCUT2D eigenvalue weighted by molar-refractivity contribution is 0.0963. The first-order valence-electron chi connectivity index (χ1n) is 6.18. The third kappa shape index (κ3) is 2.92. The zero-order valence-corrected chi connectivity index (χ0v) is 10.5. The molecule has 4 N–H and O–H groups in total. The van der Waals surface area contributed by atoms with Gasteiger partial charge in [0, 0.05) is 25.8 Å². The summed E-state index contributed by atoms with van der Waals surface area (Å²) < 4.78 is 5.53. The lowest BCUT2D eigenvalue weighted by atomic mass is 10.1. The number of carbonyl (C=O) groups excluding carboxylic acids is 1. The van der Waals surface area contributed by atoms with Crippen molar-refractivity contribution in [2.24, 2.45) is 0 Å². The van der Waals surface area contributed by atoms with E-state index in [1.165, 1.54) is 0 Å². The number of anilines is 2. The zero-order chi connectivity index (χ0) is 13.0. The van der Waals surface area contributed by atoms with Gasteiger partial charge in [-0.15, -0.1) is 0 Å². The van der Waals surface area contributed by atoms with Crippen LogP contribution < -0.4 is 16.4 Å². The Bertz CT molecular complexity index is 428. The molecule has 1 fully saturated rings. The summed E-state index contributed by atoms with van der Waals surface area (Å²) in [4.78, 5) is 11.5. The third-order valence-corrected chi connectivity index (χ3v) is 3.09. The van der Waals surface area contributed by atoms with Crippen LogP contribution >= 0.6 is 0 Å². The molecular weight excluding hydrogens is 230 g/mol. The van der Waals surface area contributed by atoms with Gasteiger partial charge >= 0.3 is 0 Å². The average molecular weight is 249 g/mol. The summed E-state index contributed by atoms with van der Waals surface area (Å²) in [7, 11) is 1.61. The SMILES string of the molecule is CNC(=O)c1ccc(N)c(NCC2CCCO2)c1. The minimum absolute atomic E-state index is 0.116. The largest absolute Gasteiger partial charge is 0.397 e. The van der Waals surface area contributed by atoms with Crippen molar-refractivity contribution in [2.45, 2.75) is 18.9 Å². The van der Waals surface area contributed by atoms with Crippen LogP contribution in [0.2, 0.25) is 0 Å². The van der Waals surface area contributed by atoms with E-state index < -0.39 is 0 Å². The van der Waals surface area contributed by atoms with Crippen molar-refractivity contribution in [2.75, 3.05) is 31.2 Å². The predicted molar refractivity (Wildman–Crippen MR) is 71.7 cm³/mol. The van der Waals surface area contributed by atoms with E-state index in [1.807, 2.05) is 0 Å². The number of nitrogen functional groups attached to an aromatic ring is 1. The Morgan fingerprint density at radius 1 is 1.56 bits per heavy atom. The minimum atomic E-state index is -0.116. The standard InChI is InChI=1S/C13H19N3O2/c1-15-13(17)9-4-5-11(14)12(7-9)16-8-10-3-2-6-18-10/h4-5,7,10,16H,2-3,6,8,14H2,1H3,(H,15,17). The molecule has 1 aromatic carbocycles. The van der Waals surface area contributed by atoms with E-state index in [4.69, 9.17) is 10.5 Å². The van der Waals surface area contributed by atoms with Gasteiger partial charge in [0.25, 0.3) is 5.91 Å². The Hall–Kier alpha value is -1.75.